The minimum atomic E-state index is -0.207. The summed E-state index contributed by atoms with van der Waals surface area (Å²) in [5.74, 6) is 2.36. The van der Waals surface area contributed by atoms with Gasteiger partial charge >= 0.3 is 0 Å². The lowest BCUT2D eigenvalue weighted by Gasteiger charge is -2.26. The Hall–Kier alpha value is -2.09. The minimum absolute atomic E-state index is 0.207. The highest BCUT2D eigenvalue weighted by molar-refractivity contribution is 5.63. The molecule has 0 aromatic heterocycles. The van der Waals surface area contributed by atoms with E-state index in [4.69, 9.17) is 4.74 Å². The highest BCUT2D eigenvalue weighted by Gasteiger charge is 2.18. The van der Waals surface area contributed by atoms with Gasteiger partial charge in [0.1, 0.15) is 18.2 Å². The zero-order valence-corrected chi connectivity index (χ0v) is 18.5. The SMILES string of the molecule is CCCCCCCC1CCC(/C=C/COc2ccc(-c3ccc(F)cc3)cc2)CC1. The summed E-state index contributed by atoms with van der Waals surface area (Å²) >= 11 is 0. The van der Waals surface area contributed by atoms with Crippen molar-refractivity contribution in [1.29, 1.82) is 0 Å². The Labute approximate surface area is 182 Å². The van der Waals surface area contributed by atoms with Crippen LogP contribution in [0, 0.1) is 17.7 Å². The lowest BCUT2D eigenvalue weighted by molar-refractivity contribution is 0.287. The molecule has 1 aliphatic rings. The van der Waals surface area contributed by atoms with Crippen LogP contribution in [-0.2, 0) is 0 Å². The Balaban J connectivity index is 1.32. The van der Waals surface area contributed by atoms with E-state index in [0.29, 0.717) is 6.61 Å². The van der Waals surface area contributed by atoms with Crippen LogP contribution in [0.25, 0.3) is 11.1 Å². The molecule has 1 nitrogen and oxygen atoms in total. The summed E-state index contributed by atoms with van der Waals surface area (Å²) in [6, 6.07) is 14.6. The van der Waals surface area contributed by atoms with Gasteiger partial charge in [-0.3, -0.25) is 0 Å². The van der Waals surface area contributed by atoms with Crippen molar-refractivity contribution in [2.75, 3.05) is 6.61 Å². The van der Waals surface area contributed by atoms with E-state index in [9.17, 15) is 4.39 Å². The molecule has 162 valence electrons. The average molecular weight is 409 g/mol. The van der Waals surface area contributed by atoms with E-state index in [2.05, 4.69) is 19.1 Å². The molecule has 0 unspecified atom stereocenters. The number of ether oxygens (including phenoxy) is 1. The molecular formula is C28H37FO. The van der Waals surface area contributed by atoms with Crippen molar-refractivity contribution in [3.05, 3.63) is 66.5 Å². The number of halogens is 1. The van der Waals surface area contributed by atoms with Crippen LogP contribution in [0.3, 0.4) is 0 Å². The maximum atomic E-state index is 13.1. The van der Waals surface area contributed by atoms with Gasteiger partial charge in [0.2, 0.25) is 0 Å². The molecule has 0 spiro atoms. The first kappa shape index (κ1) is 22.6. The molecule has 0 heterocycles. The molecule has 0 atom stereocenters. The highest BCUT2D eigenvalue weighted by atomic mass is 19.1. The Morgan fingerprint density at radius 1 is 0.833 bits per heavy atom. The lowest BCUT2D eigenvalue weighted by atomic mass is 9.79. The number of allylic oxidation sites excluding steroid dienone is 1. The van der Waals surface area contributed by atoms with Gasteiger partial charge in [-0.1, -0.05) is 81.9 Å². The van der Waals surface area contributed by atoms with Gasteiger partial charge in [0.25, 0.3) is 0 Å². The van der Waals surface area contributed by atoms with E-state index in [-0.39, 0.29) is 5.82 Å². The molecule has 2 aromatic rings. The fourth-order valence-electron chi connectivity index (χ4n) is 4.48. The molecule has 0 radical (unpaired) electrons. The average Bonchev–Trinajstić information content (AvgIpc) is 2.78. The molecule has 0 amide bonds. The Bertz CT molecular complexity index is 739. The van der Waals surface area contributed by atoms with Crippen LogP contribution < -0.4 is 4.74 Å². The predicted molar refractivity (Wildman–Crippen MR) is 125 cm³/mol. The molecular weight excluding hydrogens is 371 g/mol. The fraction of sp³-hybridized carbons (Fsp3) is 0.500. The van der Waals surface area contributed by atoms with Gasteiger partial charge in [-0.05, 0) is 72.9 Å². The van der Waals surface area contributed by atoms with Gasteiger partial charge < -0.3 is 4.74 Å². The summed E-state index contributed by atoms with van der Waals surface area (Å²) in [5, 5.41) is 0. The van der Waals surface area contributed by atoms with E-state index in [1.54, 1.807) is 12.1 Å². The maximum absolute atomic E-state index is 13.1. The number of rotatable bonds is 11. The van der Waals surface area contributed by atoms with E-state index in [0.717, 1.165) is 28.7 Å². The Morgan fingerprint density at radius 2 is 1.47 bits per heavy atom. The van der Waals surface area contributed by atoms with Crippen molar-refractivity contribution >= 4 is 0 Å². The first-order valence-electron chi connectivity index (χ1n) is 11.9. The number of unbranched alkanes of at least 4 members (excludes halogenated alkanes) is 4. The molecule has 0 bridgehead atoms. The number of benzene rings is 2. The largest absolute Gasteiger partial charge is 0.490 e. The molecule has 30 heavy (non-hydrogen) atoms. The summed E-state index contributed by atoms with van der Waals surface area (Å²) < 4.78 is 18.9. The van der Waals surface area contributed by atoms with Gasteiger partial charge in [0.15, 0.2) is 0 Å². The Morgan fingerprint density at radius 3 is 2.13 bits per heavy atom. The first-order valence-corrected chi connectivity index (χ1v) is 11.9. The monoisotopic (exact) mass is 408 g/mol. The highest BCUT2D eigenvalue weighted by Crippen LogP contribution is 2.32. The zero-order valence-electron chi connectivity index (χ0n) is 18.5. The standard InChI is InChI=1S/C28H37FO/c1-2-3-4-5-6-8-23-10-12-24(13-11-23)9-7-22-30-28-20-16-26(17-21-28)25-14-18-27(29)19-15-25/h7,9,14-21,23-24H,2-6,8,10-13,22H2,1H3/b9-7+. The second kappa shape index (κ2) is 12.6. The van der Waals surface area contributed by atoms with Crippen molar-refractivity contribution in [3.63, 3.8) is 0 Å². The van der Waals surface area contributed by atoms with Gasteiger partial charge in [-0.2, -0.15) is 0 Å². The Kier molecular flexibility index (Phi) is 9.47. The van der Waals surface area contributed by atoms with E-state index in [1.165, 1.54) is 76.3 Å². The van der Waals surface area contributed by atoms with E-state index in [1.807, 2.05) is 24.3 Å². The third-order valence-corrected chi connectivity index (χ3v) is 6.39. The van der Waals surface area contributed by atoms with Crippen molar-refractivity contribution in [2.45, 2.75) is 71.1 Å². The maximum Gasteiger partial charge on any atom is 0.123 e. The summed E-state index contributed by atoms with van der Waals surface area (Å²) in [5.41, 5.74) is 2.08. The first-order chi connectivity index (χ1) is 14.7. The van der Waals surface area contributed by atoms with Gasteiger partial charge in [-0.25, -0.2) is 4.39 Å². The summed E-state index contributed by atoms with van der Waals surface area (Å²) in [6.07, 6.45) is 18.5. The van der Waals surface area contributed by atoms with Crippen molar-refractivity contribution in [1.82, 2.24) is 0 Å². The molecule has 0 saturated heterocycles. The quantitative estimate of drug-likeness (QED) is 0.267. The molecule has 1 saturated carbocycles. The second-order valence-corrected chi connectivity index (χ2v) is 8.75. The van der Waals surface area contributed by atoms with Gasteiger partial charge in [0, 0.05) is 0 Å². The van der Waals surface area contributed by atoms with Crippen LogP contribution in [0.2, 0.25) is 0 Å². The van der Waals surface area contributed by atoms with Gasteiger partial charge in [0.05, 0.1) is 0 Å². The van der Waals surface area contributed by atoms with Crippen molar-refractivity contribution in [2.24, 2.45) is 11.8 Å². The zero-order chi connectivity index (χ0) is 21.0. The van der Waals surface area contributed by atoms with Crippen LogP contribution >= 0.6 is 0 Å². The molecule has 2 heteroatoms. The number of hydrogen-bond donors (Lipinski definition) is 0. The molecule has 2 aromatic carbocycles. The van der Waals surface area contributed by atoms with Crippen molar-refractivity contribution in [3.8, 4) is 16.9 Å². The van der Waals surface area contributed by atoms with Gasteiger partial charge in [-0.15, -0.1) is 0 Å². The molecule has 1 aliphatic carbocycles. The van der Waals surface area contributed by atoms with Crippen LogP contribution in [0.5, 0.6) is 5.75 Å². The molecule has 0 aliphatic heterocycles. The topological polar surface area (TPSA) is 9.23 Å². The predicted octanol–water partition coefficient (Wildman–Crippen LogP) is 8.59. The van der Waals surface area contributed by atoms with Crippen LogP contribution in [0.4, 0.5) is 4.39 Å². The van der Waals surface area contributed by atoms with Crippen LogP contribution in [-0.4, -0.2) is 6.61 Å². The summed E-state index contributed by atoms with van der Waals surface area (Å²) in [6.45, 7) is 2.90. The fourth-order valence-corrected chi connectivity index (χ4v) is 4.48. The third-order valence-electron chi connectivity index (χ3n) is 6.39. The third kappa shape index (κ3) is 7.63. The second-order valence-electron chi connectivity index (χ2n) is 8.75. The normalized spacial score (nSPS) is 19.3. The molecule has 3 rings (SSSR count). The molecule has 0 N–H and O–H groups in total. The van der Waals surface area contributed by atoms with Crippen molar-refractivity contribution < 1.29 is 9.13 Å². The van der Waals surface area contributed by atoms with E-state index < -0.39 is 0 Å². The van der Waals surface area contributed by atoms with E-state index >= 15 is 0 Å². The number of hydrogen-bond acceptors (Lipinski definition) is 1. The minimum Gasteiger partial charge on any atom is -0.490 e. The summed E-state index contributed by atoms with van der Waals surface area (Å²) in [7, 11) is 0. The molecule has 1 fully saturated rings. The lowest BCUT2D eigenvalue weighted by Crippen LogP contribution is -2.13. The smallest absolute Gasteiger partial charge is 0.123 e. The summed E-state index contributed by atoms with van der Waals surface area (Å²) in [4.78, 5) is 0. The van der Waals surface area contributed by atoms with Crippen LogP contribution in [0.1, 0.15) is 71.1 Å². The van der Waals surface area contributed by atoms with Crippen LogP contribution in [0.15, 0.2) is 60.7 Å².